The second-order valence-electron chi connectivity index (χ2n) is 5.30. The molecule has 0 aliphatic heterocycles. The lowest BCUT2D eigenvalue weighted by Gasteiger charge is -2.31. The first-order valence-electron chi connectivity index (χ1n) is 6.98. The molecule has 1 N–H and O–H groups in total. The zero-order chi connectivity index (χ0) is 14.0. The van der Waals surface area contributed by atoms with Gasteiger partial charge in [0.05, 0.1) is 5.69 Å². The number of rotatable bonds is 4. The summed E-state index contributed by atoms with van der Waals surface area (Å²) < 4.78 is 7.56. The molecule has 0 saturated heterocycles. The van der Waals surface area contributed by atoms with Crippen molar-refractivity contribution in [3.8, 4) is 5.88 Å². The van der Waals surface area contributed by atoms with E-state index in [1.807, 2.05) is 0 Å². The van der Waals surface area contributed by atoms with E-state index in [4.69, 9.17) is 4.74 Å². The van der Waals surface area contributed by atoms with Gasteiger partial charge in [-0.25, -0.2) is 9.48 Å². The summed E-state index contributed by atoms with van der Waals surface area (Å²) >= 11 is 0. The number of carbonyl (C=O) groups is 1. The molecule has 2 unspecified atom stereocenters. The molecule has 0 aromatic carbocycles. The van der Waals surface area contributed by atoms with E-state index in [2.05, 4.69) is 12.0 Å². The number of nitrogens with zero attached hydrogens (tertiary/aromatic N) is 2. The van der Waals surface area contributed by atoms with Crippen molar-refractivity contribution in [2.45, 2.75) is 52.1 Å². The Morgan fingerprint density at radius 2 is 2.16 bits per heavy atom. The molecular weight excluding hydrogens is 244 g/mol. The van der Waals surface area contributed by atoms with Crippen LogP contribution in [0.5, 0.6) is 5.88 Å². The van der Waals surface area contributed by atoms with Crippen LogP contribution >= 0.6 is 0 Å². The van der Waals surface area contributed by atoms with Crippen molar-refractivity contribution in [3.63, 3.8) is 0 Å². The third-order valence-electron chi connectivity index (χ3n) is 4.01. The minimum Gasteiger partial charge on any atom is -0.477 e. The fourth-order valence-electron chi connectivity index (χ4n) is 2.96. The minimum absolute atomic E-state index is 0.117. The summed E-state index contributed by atoms with van der Waals surface area (Å²) in [7, 11) is 1.73. The minimum atomic E-state index is -0.968. The van der Waals surface area contributed by atoms with Gasteiger partial charge in [0.25, 0.3) is 0 Å². The zero-order valence-corrected chi connectivity index (χ0v) is 11.8. The maximum absolute atomic E-state index is 11.3. The number of aryl methyl sites for hydroxylation is 2. The Kier molecular flexibility index (Phi) is 4.12. The Labute approximate surface area is 113 Å². The molecule has 0 amide bonds. The zero-order valence-electron chi connectivity index (χ0n) is 11.8. The molecule has 1 fully saturated rings. The van der Waals surface area contributed by atoms with Gasteiger partial charge in [-0.05, 0) is 38.5 Å². The van der Waals surface area contributed by atoms with Crippen LogP contribution in [0.15, 0.2) is 0 Å². The largest absolute Gasteiger partial charge is 0.477 e. The number of carboxylic acid groups (broad SMARTS) is 1. The molecule has 0 radical (unpaired) electrons. The van der Waals surface area contributed by atoms with E-state index in [9.17, 15) is 9.90 Å². The monoisotopic (exact) mass is 266 g/mol. The maximum Gasteiger partial charge on any atom is 0.343 e. The third kappa shape index (κ3) is 2.74. The highest BCUT2D eigenvalue weighted by atomic mass is 16.5. The molecule has 1 aliphatic carbocycles. The second kappa shape index (κ2) is 5.63. The lowest BCUT2D eigenvalue weighted by Crippen LogP contribution is -2.31. The summed E-state index contributed by atoms with van der Waals surface area (Å²) in [5.74, 6) is -0.0505. The molecule has 2 rings (SSSR count). The van der Waals surface area contributed by atoms with Gasteiger partial charge in [-0.15, -0.1) is 0 Å². The number of aromatic nitrogens is 2. The molecule has 0 spiro atoms. The van der Waals surface area contributed by atoms with Gasteiger partial charge in [-0.2, -0.15) is 5.10 Å². The highest BCUT2D eigenvalue weighted by Gasteiger charge is 2.29. The predicted molar refractivity (Wildman–Crippen MR) is 71.6 cm³/mol. The van der Waals surface area contributed by atoms with Crippen molar-refractivity contribution in [1.29, 1.82) is 0 Å². The normalized spacial score (nSPS) is 23.3. The fourth-order valence-corrected chi connectivity index (χ4v) is 2.96. The smallest absolute Gasteiger partial charge is 0.343 e. The van der Waals surface area contributed by atoms with Crippen LogP contribution in [-0.4, -0.2) is 27.0 Å². The first-order chi connectivity index (χ1) is 9.04. The molecule has 19 heavy (non-hydrogen) atoms. The van der Waals surface area contributed by atoms with E-state index in [0.717, 1.165) is 19.3 Å². The highest BCUT2D eigenvalue weighted by Crippen LogP contribution is 2.32. The van der Waals surface area contributed by atoms with E-state index in [0.29, 0.717) is 17.5 Å². The van der Waals surface area contributed by atoms with Gasteiger partial charge in [0.2, 0.25) is 5.88 Å². The molecule has 5 heteroatoms. The first-order valence-corrected chi connectivity index (χ1v) is 6.98. The van der Waals surface area contributed by atoms with Crippen LogP contribution in [0.1, 0.15) is 55.1 Å². The molecule has 5 nitrogen and oxygen atoms in total. The van der Waals surface area contributed by atoms with E-state index in [-0.39, 0.29) is 11.7 Å². The average Bonchev–Trinajstić information content (AvgIpc) is 2.65. The quantitative estimate of drug-likeness (QED) is 0.910. The lowest BCUT2D eigenvalue weighted by molar-refractivity contribution is 0.0648. The molecule has 1 aromatic heterocycles. The molecule has 1 aromatic rings. The Morgan fingerprint density at radius 3 is 2.79 bits per heavy atom. The van der Waals surface area contributed by atoms with E-state index >= 15 is 0 Å². The predicted octanol–water partition coefficient (Wildman–Crippen LogP) is 2.77. The van der Waals surface area contributed by atoms with Crippen LogP contribution in [0, 0.1) is 12.8 Å². The number of hydrogen-bond donors (Lipinski definition) is 1. The van der Waals surface area contributed by atoms with Crippen molar-refractivity contribution in [1.82, 2.24) is 9.78 Å². The molecule has 106 valence electrons. The molecule has 1 heterocycles. The van der Waals surface area contributed by atoms with Crippen LogP contribution in [-0.2, 0) is 7.05 Å². The number of ether oxygens (including phenoxy) is 1. The fraction of sp³-hybridized carbons (Fsp3) is 0.714. The maximum atomic E-state index is 11.3. The summed E-state index contributed by atoms with van der Waals surface area (Å²) in [6.45, 7) is 3.87. The average molecular weight is 266 g/mol. The Morgan fingerprint density at radius 1 is 1.47 bits per heavy atom. The van der Waals surface area contributed by atoms with E-state index in [1.54, 1.807) is 18.7 Å². The van der Waals surface area contributed by atoms with Gasteiger partial charge in [0, 0.05) is 7.05 Å². The Hall–Kier alpha value is -1.52. The SMILES string of the molecule is CCC1CCCCC1Oc1c(C(=O)O)c(C)nn1C. The molecular formula is C14H22N2O3. The standard InChI is InChI=1S/C14H22N2O3/c1-4-10-7-5-6-8-11(10)19-13-12(14(17)18)9(2)15-16(13)3/h10-11H,4-8H2,1-3H3,(H,17,18). The van der Waals surface area contributed by atoms with Crippen LogP contribution in [0.25, 0.3) is 0 Å². The lowest BCUT2D eigenvalue weighted by atomic mass is 9.85. The first kappa shape index (κ1) is 13.9. The van der Waals surface area contributed by atoms with Gasteiger partial charge in [-0.1, -0.05) is 13.3 Å². The van der Waals surface area contributed by atoms with Crippen LogP contribution in [0.2, 0.25) is 0 Å². The molecule has 0 bridgehead atoms. The van der Waals surface area contributed by atoms with E-state index in [1.165, 1.54) is 12.8 Å². The van der Waals surface area contributed by atoms with Gasteiger partial charge in [0.1, 0.15) is 11.7 Å². The second-order valence-corrected chi connectivity index (χ2v) is 5.30. The van der Waals surface area contributed by atoms with Gasteiger partial charge < -0.3 is 9.84 Å². The number of carboxylic acids is 1. The topological polar surface area (TPSA) is 64.3 Å². The van der Waals surface area contributed by atoms with Crippen molar-refractivity contribution in [2.24, 2.45) is 13.0 Å². The summed E-state index contributed by atoms with van der Waals surface area (Å²) in [5, 5.41) is 13.4. The molecule has 1 aliphatic rings. The van der Waals surface area contributed by atoms with Crippen molar-refractivity contribution < 1.29 is 14.6 Å². The van der Waals surface area contributed by atoms with E-state index < -0.39 is 5.97 Å². The number of hydrogen-bond acceptors (Lipinski definition) is 3. The summed E-state index contributed by atoms with van der Waals surface area (Å²) in [6.07, 6.45) is 5.76. The Balaban J connectivity index is 2.24. The van der Waals surface area contributed by atoms with Gasteiger partial charge in [-0.3, -0.25) is 0 Å². The van der Waals surface area contributed by atoms with Crippen LogP contribution in [0.3, 0.4) is 0 Å². The molecule has 1 saturated carbocycles. The number of aromatic carboxylic acids is 1. The molecule has 2 atom stereocenters. The summed E-state index contributed by atoms with van der Waals surface area (Å²) in [5.41, 5.74) is 0.705. The van der Waals surface area contributed by atoms with Crippen LogP contribution in [0.4, 0.5) is 0 Å². The van der Waals surface area contributed by atoms with Gasteiger partial charge in [0.15, 0.2) is 0 Å². The van der Waals surface area contributed by atoms with Crippen molar-refractivity contribution in [3.05, 3.63) is 11.3 Å². The summed E-state index contributed by atoms with van der Waals surface area (Å²) in [4.78, 5) is 11.3. The highest BCUT2D eigenvalue weighted by molar-refractivity contribution is 5.91. The Bertz CT molecular complexity index is 468. The van der Waals surface area contributed by atoms with Gasteiger partial charge >= 0.3 is 5.97 Å². The summed E-state index contributed by atoms with van der Waals surface area (Å²) in [6, 6.07) is 0. The van der Waals surface area contributed by atoms with Crippen molar-refractivity contribution >= 4 is 5.97 Å². The van der Waals surface area contributed by atoms with Crippen molar-refractivity contribution in [2.75, 3.05) is 0 Å². The van der Waals surface area contributed by atoms with Crippen LogP contribution < -0.4 is 4.74 Å². The third-order valence-corrected chi connectivity index (χ3v) is 4.01.